The number of hydrogen-bond acceptors (Lipinski definition) is 4. The van der Waals surface area contributed by atoms with Crippen molar-refractivity contribution in [3.05, 3.63) is 29.3 Å². The summed E-state index contributed by atoms with van der Waals surface area (Å²) in [6.07, 6.45) is 2.55. The molecule has 88 valence electrons. The Balaban J connectivity index is 1.89. The molecule has 4 nitrogen and oxygen atoms in total. The highest BCUT2D eigenvalue weighted by molar-refractivity contribution is 6.32. The normalized spacial score (nSPS) is 14.9. The lowest BCUT2D eigenvalue weighted by Crippen LogP contribution is -1.96. The van der Waals surface area contributed by atoms with E-state index in [9.17, 15) is 0 Å². The fourth-order valence-corrected chi connectivity index (χ4v) is 1.77. The van der Waals surface area contributed by atoms with Crippen LogP contribution < -0.4 is 10.5 Å². The Bertz CT molecular complexity index is 549. The zero-order valence-corrected chi connectivity index (χ0v) is 9.78. The van der Waals surface area contributed by atoms with Gasteiger partial charge in [0, 0.05) is 11.6 Å². The van der Waals surface area contributed by atoms with Crippen LogP contribution in [0.4, 0.5) is 5.88 Å². The number of rotatable bonds is 3. The maximum Gasteiger partial charge on any atom is 0.222 e. The molecule has 0 saturated heterocycles. The lowest BCUT2D eigenvalue weighted by atomic mass is 10.1. The van der Waals surface area contributed by atoms with Crippen LogP contribution in [0.25, 0.3) is 11.3 Å². The summed E-state index contributed by atoms with van der Waals surface area (Å²) in [5, 5.41) is 4.41. The maximum absolute atomic E-state index is 6.14. The topological polar surface area (TPSA) is 61.3 Å². The second-order valence-electron chi connectivity index (χ2n) is 4.08. The van der Waals surface area contributed by atoms with E-state index in [-0.39, 0.29) is 5.88 Å². The highest BCUT2D eigenvalue weighted by Gasteiger charge is 2.24. The second kappa shape index (κ2) is 3.96. The van der Waals surface area contributed by atoms with Gasteiger partial charge in [0.1, 0.15) is 11.4 Å². The van der Waals surface area contributed by atoms with Gasteiger partial charge in [0.15, 0.2) is 0 Å². The van der Waals surface area contributed by atoms with E-state index in [1.54, 1.807) is 12.1 Å². The van der Waals surface area contributed by atoms with Crippen molar-refractivity contribution in [2.75, 3.05) is 5.73 Å². The van der Waals surface area contributed by atoms with Crippen LogP contribution in [0, 0.1) is 0 Å². The molecular formula is C12H11ClN2O2. The van der Waals surface area contributed by atoms with E-state index >= 15 is 0 Å². The Morgan fingerprint density at radius 3 is 2.76 bits per heavy atom. The van der Waals surface area contributed by atoms with Gasteiger partial charge in [-0.1, -0.05) is 16.8 Å². The molecule has 0 atom stereocenters. The summed E-state index contributed by atoms with van der Waals surface area (Å²) >= 11 is 6.14. The van der Waals surface area contributed by atoms with Crippen molar-refractivity contribution >= 4 is 17.5 Å². The van der Waals surface area contributed by atoms with Crippen LogP contribution in [0.2, 0.25) is 5.02 Å². The van der Waals surface area contributed by atoms with Gasteiger partial charge in [0.2, 0.25) is 5.88 Å². The Morgan fingerprint density at radius 2 is 2.18 bits per heavy atom. The summed E-state index contributed by atoms with van der Waals surface area (Å²) in [6.45, 7) is 0. The number of aromatic nitrogens is 1. The lowest BCUT2D eigenvalue weighted by Gasteiger charge is -2.07. The molecule has 1 heterocycles. The highest BCUT2D eigenvalue weighted by Crippen LogP contribution is 2.34. The molecule has 1 aliphatic carbocycles. The molecule has 0 bridgehead atoms. The van der Waals surface area contributed by atoms with Crippen molar-refractivity contribution in [3.63, 3.8) is 0 Å². The van der Waals surface area contributed by atoms with E-state index in [2.05, 4.69) is 5.16 Å². The maximum atomic E-state index is 6.14. The van der Waals surface area contributed by atoms with E-state index in [0.29, 0.717) is 16.8 Å². The van der Waals surface area contributed by atoms with Gasteiger partial charge in [0.05, 0.1) is 11.1 Å². The predicted molar refractivity (Wildman–Crippen MR) is 65.0 cm³/mol. The average Bonchev–Trinajstić information content (AvgIpc) is 3.02. The van der Waals surface area contributed by atoms with E-state index in [4.69, 9.17) is 26.6 Å². The lowest BCUT2D eigenvalue weighted by molar-refractivity contribution is 0.303. The summed E-state index contributed by atoms with van der Waals surface area (Å²) in [4.78, 5) is 0. The van der Waals surface area contributed by atoms with Crippen LogP contribution in [0.5, 0.6) is 5.75 Å². The van der Waals surface area contributed by atoms with Crippen LogP contribution in [0.15, 0.2) is 28.8 Å². The van der Waals surface area contributed by atoms with Crippen molar-refractivity contribution in [1.29, 1.82) is 0 Å². The third-order valence-electron chi connectivity index (χ3n) is 2.57. The average molecular weight is 251 g/mol. The number of benzene rings is 1. The molecule has 0 unspecified atom stereocenters. The second-order valence-corrected chi connectivity index (χ2v) is 4.48. The predicted octanol–water partition coefficient (Wildman–Crippen LogP) is 3.12. The number of nitrogens with zero attached hydrogens (tertiary/aromatic N) is 1. The van der Waals surface area contributed by atoms with E-state index in [0.717, 1.165) is 24.2 Å². The largest absolute Gasteiger partial charge is 0.489 e. The van der Waals surface area contributed by atoms with Crippen LogP contribution >= 0.6 is 11.6 Å². The van der Waals surface area contributed by atoms with Crippen LogP contribution in [-0.4, -0.2) is 11.3 Å². The zero-order valence-electron chi connectivity index (χ0n) is 9.02. The van der Waals surface area contributed by atoms with Crippen molar-refractivity contribution in [2.24, 2.45) is 0 Å². The Labute approximate surface area is 103 Å². The first-order valence-corrected chi connectivity index (χ1v) is 5.79. The number of nitrogen functional groups attached to an aromatic ring is 1. The Morgan fingerprint density at radius 1 is 1.35 bits per heavy atom. The molecule has 1 aromatic heterocycles. The summed E-state index contributed by atoms with van der Waals surface area (Å²) in [5.41, 5.74) is 7.00. The van der Waals surface area contributed by atoms with Gasteiger partial charge >= 0.3 is 0 Å². The molecule has 1 aliphatic rings. The van der Waals surface area contributed by atoms with Gasteiger partial charge in [0.25, 0.3) is 0 Å². The molecule has 1 fully saturated rings. The molecule has 1 saturated carbocycles. The first-order valence-electron chi connectivity index (χ1n) is 5.41. The molecule has 1 aromatic carbocycles. The molecule has 5 heteroatoms. The van der Waals surface area contributed by atoms with E-state index in [1.165, 1.54) is 0 Å². The number of halogens is 1. The van der Waals surface area contributed by atoms with E-state index in [1.807, 2.05) is 12.1 Å². The summed E-state index contributed by atoms with van der Waals surface area (Å²) in [5.74, 6) is 1.00. The van der Waals surface area contributed by atoms with Crippen LogP contribution in [0.1, 0.15) is 12.8 Å². The van der Waals surface area contributed by atoms with Crippen LogP contribution in [0.3, 0.4) is 0 Å². The molecule has 2 aromatic rings. The number of anilines is 1. The minimum absolute atomic E-state index is 0.287. The third-order valence-corrected chi connectivity index (χ3v) is 2.87. The van der Waals surface area contributed by atoms with Crippen molar-refractivity contribution in [2.45, 2.75) is 18.9 Å². The third kappa shape index (κ3) is 2.22. The standard InChI is InChI=1S/C12H11ClN2O2/c13-9-5-7(10-6-12(14)17-15-10)1-4-11(9)16-8-2-3-8/h1,4-6,8H,2-3,14H2. The monoisotopic (exact) mass is 250 g/mol. The Hall–Kier alpha value is -1.68. The molecule has 3 rings (SSSR count). The Kier molecular flexibility index (Phi) is 2.44. The van der Waals surface area contributed by atoms with Crippen molar-refractivity contribution in [3.8, 4) is 17.0 Å². The van der Waals surface area contributed by atoms with Gasteiger partial charge in [-0.2, -0.15) is 0 Å². The fourth-order valence-electron chi connectivity index (χ4n) is 1.55. The van der Waals surface area contributed by atoms with Crippen LogP contribution in [-0.2, 0) is 0 Å². The summed E-state index contributed by atoms with van der Waals surface area (Å²) in [7, 11) is 0. The van der Waals surface area contributed by atoms with E-state index < -0.39 is 0 Å². The molecule has 2 N–H and O–H groups in total. The molecular weight excluding hydrogens is 240 g/mol. The molecule has 0 spiro atoms. The summed E-state index contributed by atoms with van der Waals surface area (Å²) in [6, 6.07) is 7.20. The SMILES string of the molecule is Nc1cc(-c2ccc(OC3CC3)c(Cl)c2)no1. The van der Waals surface area contributed by atoms with Gasteiger partial charge in [-0.05, 0) is 31.0 Å². The van der Waals surface area contributed by atoms with Crippen molar-refractivity contribution < 1.29 is 9.26 Å². The van der Waals surface area contributed by atoms with Gasteiger partial charge < -0.3 is 15.0 Å². The number of ether oxygens (including phenoxy) is 1. The van der Waals surface area contributed by atoms with Gasteiger partial charge in [-0.25, -0.2) is 0 Å². The molecule has 0 amide bonds. The first-order chi connectivity index (χ1) is 8.22. The first kappa shape index (κ1) is 10.5. The minimum atomic E-state index is 0.287. The molecule has 0 aliphatic heterocycles. The summed E-state index contributed by atoms with van der Waals surface area (Å²) < 4.78 is 10.5. The number of nitrogens with two attached hydrogens (primary N) is 1. The van der Waals surface area contributed by atoms with Gasteiger partial charge in [-0.15, -0.1) is 0 Å². The smallest absolute Gasteiger partial charge is 0.222 e. The van der Waals surface area contributed by atoms with Gasteiger partial charge in [-0.3, -0.25) is 0 Å². The fraction of sp³-hybridized carbons (Fsp3) is 0.250. The van der Waals surface area contributed by atoms with Crippen molar-refractivity contribution in [1.82, 2.24) is 5.16 Å². The quantitative estimate of drug-likeness (QED) is 0.909. The zero-order chi connectivity index (χ0) is 11.8. The molecule has 0 radical (unpaired) electrons. The minimum Gasteiger partial charge on any atom is -0.489 e. The number of hydrogen-bond donors (Lipinski definition) is 1. The highest BCUT2D eigenvalue weighted by atomic mass is 35.5. The molecule has 17 heavy (non-hydrogen) atoms.